The second kappa shape index (κ2) is 9.61. The van der Waals surface area contributed by atoms with Crippen LogP contribution in [0.1, 0.15) is 31.1 Å². The second-order valence-corrected chi connectivity index (χ2v) is 7.63. The van der Waals surface area contributed by atoms with Crippen molar-refractivity contribution in [3.8, 4) is 0 Å². The molecule has 2 aromatic carbocycles. The summed E-state index contributed by atoms with van der Waals surface area (Å²) in [4.78, 5) is 7.28. The molecule has 0 bridgehead atoms. The third-order valence-corrected chi connectivity index (χ3v) is 5.39. The monoisotopic (exact) mass is 390 g/mol. The third kappa shape index (κ3) is 5.39. The predicted molar refractivity (Wildman–Crippen MR) is 119 cm³/mol. The summed E-state index contributed by atoms with van der Waals surface area (Å²) in [6.07, 6.45) is 2.25. The molecular weight excluding hydrogens is 360 g/mol. The van der Waals surface area contributed by atoms with Crippen LogP contribution in [0.3, 0.4) is 0 Å². The lowest BCUT2D eigenvalue weighted by Gasteiger charge is -2.33. The van der Waals surface area contributed by atoms with Gasteiger partial charge in [-0.05, 0) is 37.5 Å². The van der Waals surface area contributed by atoms with Crippen LogP contribution in [-0.2, 0) is 13.1 Å². The minimum Gasteiger partial charge on any atom is -0.459 e. The van der Waals surface area contributed by atoms with Crippen LogP contribution in [0.25, 0.3) is 11.0 Å². The topological polar surface area (TPSA) is 52.8 Å². The molecule has 3 aromatic rings. The molecule has 5 nitrogen and oxygen atoms in total. The first-order valence-electron chi connectivity index (χ1n) is 10.6. The number of rotatable bonds is 6. The number of furan rings is 1. The molecule has 0 spiro atoms. The van der Waals surface area contributed by atoms with Gasteiger partial charge < -0.3 is 15.1 Å². The normalized spacial score (nSPS) is 16.2. The van der Waals surface area contributed by atoms with E-state index in [1.54, 1.807) is 0 Å². The first kappa shape index (κ1) is 19.5. The smallest absolute Gasteiger partial charge is 0.191 e. The molecule has 0 aliphatic carbocycles. The van der Waals surface area contributed by atoms with Gasteiger partial charge in [-0.2, -0.15) is 0 Å². The fourth-order valence-electron chi connectivity index (χ4n) is 3.86. The summed E-state index contributed by atoms with van der Waals surface area (Å²) in [5.41, 5.74) is 2.31. The second-order valence-electron chi connectivity index (χ2n) is 7.63. The number of hydrogen-bond acceptors (Lipinski definition) is 3. The van der Waals surface area contributed by atoms with E-state index in [4.69, 9.17) is 9.41 Å². The zero-order valence-electron chi connectivity index (χ0n) is 17.1. The zero-order valence-corrected chi connectivity index (χ0v) is 17.1. The Morgan fingerprint density at radius 2 is 1.83 bits per heavy atom. The highest BCUT2D eigenvalue weighted by Crippen LogP contribution is 2.19. The number of likely N-dealkylation sites (tertiary alicyclic amines) is 1. The van der Waals surface area contributed by atoms with Crippen LogP contribution in [0, 0.1) is 0 Å². The maximum Gasteiger partial charge on any atom is 0.191 e. The van der Waals surface area contributed by atoms with E-state index < -0.39 is 0 Å². The van der Waals surface area contributed by atoms with Gasteiger partial charge in [-0.3, -0.25) is 4.90 Å². The molecule has 0 saturated carbocycles. The molecule has 29 heavy (non-hydrogen) atoms. The summed E-state index contributed by atoms with van der Waals surface area (Å²) in [7, 11) is 0. The van der Waals surface area contributed by atoms with Crippen LogP contribution in [-0.4, -0.2) is 36.5 Å². The fourth-order valence-corrected chi connectivity index (χ4v) is 3.86. The lowest BCUT2D eigenvalue weighted by Crippen LogP contribution is -2.48. The maximum atomic E-state index is 5.89. The minimum absolute atomic E-state index is 0.454. The van der Waals surface area contributed by atoms with Gasteiger partial charge in [0.15, 0.2) is 5.96 Å². The van der Waals surface area contributed by atoms with Gasteiger partial charge in [0.05, 0.1) is 0 Å². The number of benzene rings is 2. The molecule has 4 rings (SSSR count). The van der Waals surface area contributed by atoms with Crippen LogP contribution in [0.5, 0.6) is 0 Å². The molecule has 1 aliphatic heterocycles. The van der Waals surface area contributed by atoms with Crippen molar-refractivity contribution >= 4 is 16.9 Å². The van der Waals surface area contributed by atoms with Crippen molar-refractivity contribution in [1.29, 1.82) is 0 Å². The molecule has 1 saturated heterocycles. The van der Waals surface area contributed by atoms with Gasteiger partial charge in [-0.1, -0.05) is 48.5 Å². The van der Waals surface area contributed by atoms with Crippen molar-refractivity contribution in [2.75, 3.05) is 19.6 Å². The number of aliphatic imine (C=N–C) groups is 1. The molecule has 0 atom stereocenters. The van der Waals surface area contributed by atoms with Gasteiger partial charge in [0.25, 0.3) is 0 Å². The summed E-state index contributed by atoms with van der Waals surface area (Å²) in [5, 5.41) is 8.11. The van der Waals surface area contributed by atoms with E-state index in [2.05, 4.69) is 64.9 Å². The highest BCUT2D eigenvalue weighted by atomic mass is 16.3. The number of piperidine rings is 1. The van der Waals surface area contributed by atoms with Crippen molar-refractivity contribution in [3.63, 3.8) is 0 Å². The third-order valence-electron chi connectivity index (χ3n) is 5.39. The molecule has 2 heterocycles. The predicted octanol–water partition coefficient (Wildman–Crippen LogP) is 4.15. The molecular formula is C24H30N4O. The van der Waals surface area contributed by atoms with Gasteiger partial charge >= 0.3 is 0 Å². The average Bonchev–Trinajstić information content (AvgIpc) is 3.17. The first-order chi connectivity index (χ1) is 14.3. The fraction of sp³-hybridized carbons (Fsp3) is 0.375. The van der Waals surface area contributed by atoms with Gasteiger partial charge in [0, 0.05) is 37.6 Å². The standard InChI is InChI=1S/C24H30N4O/c1-2-25-24(26-17-22-16-20-10-6-7-11-23(20)29-22)27-21-12-14-28(15-13-21)18-19-8-4-3-5-9-19/h3-11,16,21H,2,12-15,17-18H2,1H3,(H2,25,26,27). The Hall–Kier alpha value is -2.79. The summed E-state index contributed by atoms with van der Waals surface area (Å²) in [6.45, 7) is 6.73. The number of para-hydroxylation sites is 1. The lowest BCUT2D eigenvalue weighted by atomic mass is 10.0. The quantitative estimate of drug-likeness (QED) is 0.490. The van der Waals surface area contributed by atoms with E-state index in [1.807, 2.05) is 18.2 Å². The zero-order chi connectivity index (χ0) is 19.9. The van der Waals surface area contributed by atoms with Crippen molar-refractivity contribution in [1.82, 2.24) is 15.5 Å². The number of nitrogens with one attached hydrogen (secondary N) is 2. The molecule has 1 fully saturated rings. The van der Waals surface area contributed by atoms with Crippen molar-refractivity contribution in [2.45, 2.75) is 38.9 Å². The minimum atomic E-state index is 0.454. The van der Waals surface area contributed by atoms with Gasteiger partial charge in [0.2, 0.25) is 0 Å². The Balaban J connectivity index is 1.30. The van der Waals surface area contributed by atoms with Crippen molar-refractivity contribution < 1.29 is 4.42 Å². The molecule has 0 unspecified atom stereocenters. The van der Waals surface area contributed by atoms with E-state index in [9.17, 15) is 0 Å². The molecule has 152 valence electrons. The van der Waals surface area contributed by atoms with Crippen molar-refractivity contribution in [2.24, 2.45) is 4.99 Å². The van der Waals surface area contributed by atoms with Crippen LogP contribution in [0.15, 0.2) is 70.1 Å². The summed E-state index contributed by atoms with van der Waals surface area (Å²) < 4.78 is 5.89. The van der Waals surface area contributed by atoms with Crippen LogP contribution >= 0.6 is 0 Å². The number of guanidine groups is 1. The molecule has 1 aromatic heterocycles. The molecule has 5 heteroatoms. The van der Waals surface area contributed by atoms with Crippen LogP contribution in [0.2, 0.25) is 0 Å². The van der Waals surface area contributed by atoms with E-state index in [0.29, 0.717) is 12.6 Å². The largest absolute Gasteiger partial charge is 0.459 e. The van der Waals surface area contributed by atoms with E-state index in [0.717, 1.165) is 61.7 Å². The molecule has 2 N–H and O–H groups in total. The number of hydrogen-bond donors (Lipinski definition) is 2. The van der Waals surface area contributed by atoms with Gasteiger partial charge in [0.1, 0.15) is 17.9 Å². The van der Waals surface area contributed by atoms with E-state index in [-0.39, 0.29) is 0 Å². The Bertz CT molecular complexity index is 893. The van der Waals surface area contributed by atoms with Gasteiger partial charge in [-0.25, -0.2) is 4.99 Å². The average molecular weight is 391 g/mol. The van der Waals surface area contributed by atoms with E-state index in [1.165, 1.54) is 5.56 Å². The highest BCUT2D eigenvalue weighted by molar-refractivity contribution is 5.80. The SMILES string of the molecule is CCNC(=NCc1cc2ccccc2o1)NC1CCN(Cc2ccccc2)CC1. The highest BCUT2D eigenvalue weighted by Gasteiger charge is 2.20. The maximum absolute atomic E-state index is 5.89. The van der Waals surface area contributed by atoms with Crippen LogP contribution in [0.4, 0.5) is 0 Å². The van der Waals surface area contributed by atoms with Crippen LogP contribution < -0.4 is 10.6 Å². The molecule has 1 aliphatic rings. The summed E-state index contributed by atoms with van der Waals surface area (Å²) in [6, 6.07) is 21.3. The Kier molecular flexibility index (Phi) is 6.47. The summed E-state index contributed by atoms with van der Waals surface area (Å²) >= 11 is 0. The first-order valence-corrected chi connectivity index (χ1v) is 10.6. The lowest BCUT2D eigenvalue weighted by molar-refractivity contribution is 0.198. The number of nitrogens with zero attached hydrogens (tertiary/aromatic N) is 2. The Morgan fingerprint density at radius 3 is 2.59 bits per heavy atom. The van der Waals surface area contributed by atoms with Gasteiger partial charge in [-0.15, -0.1) is 0 Å². The summed E-state index contributed by atoms with van der Waals surface area (Å²) in [5.74, 6) is 1.76. The Labute approximate surface area is 172 Å². The van der Waals surface area contributed by atoms with E-state index >= 15 is 0 Å². The number of fused-ring (bicyclic) bond motifs is 1. The Morgan fingerprint density at radius 1 is 1.07 bits per heavy atom. The molecule has 0 radical (unpaired) electrons. The molecule has 0 amide bonds. The van der Waals surface area contributed by atoms with Crippen molar-refractivity contribution in [3.05, 3.63) is 72.0 Å².